The van der Waals surface area contributed by atoms with Crippen LogP contribution in [0.3, 0.4) is 0 Å². The molecular formula is C24H15Br2NO3. The van der Waals surface area contributed by atoms with Gasteiger partial charge in [-0.25, -0.2) is 0 Å². The molecule has 1 aliphatic rings. The number of amides is 1. The van der Waals surface area contributed by atoms with E-state index < -0.39 is 6.04 Å². The Balaban J connectivity index is 1.83. The summed E-state index contributed by atoms with van der Waals surface area (Å²) in [6, 6.07) is 20.0. The molecule has 1 aromatic heterocycles. The van der Waals surface area contributed by atoms with Crippen molar-refractivity contribution in [2.75, 3.05) is 4.90 Å². The van der Waals surface area contributed by atoms with E-state index in [-0.39, 0.29) is 17.1 Å². The number of nitrogens with zero attached hydrogens (tertiary/aromatic N) is 1. The fourth-order valence-corrected chi connectivity index (χ4v) is 4.65. The zero-order chi connectivity index (χ0) is 21.0. The third-order valence-electron chi connectivity index (χ3n) is 5.31. The second-order valence-electron chi connectivity index (χ2n) is 7.28. The van der Waals surface area contributed by atoms with E-state index in [4.69, 9.17) is 4.42 Å². The van der Waals surface area contributed by atoms with Crippen LogP contribution in [0, 0.1) is 6.92 Å². The standard InChI is InChI=1S/C24H15Br2NO3/c1-13-5-7-14(8-6-13)21-20-22(28)18-12-16(26)9-10-19(18)30-23(20)24(29)27(21)17-4-2-3-15(25)11-17/h2-12,21H,1H3. The normalized spacial score (nSPS) is 15.6. The highest BCUT2D eigenvalue weighted by atomic mass is 79.9. The molecule has 4 nitrogen and oxygen atoms in total. The number of aryl methyl sites for hydroxylation is 1. The maximum Gasteiger partial charge on any atom is 0.295 e. The van der Waals surface area contributed by atoms with Gasteiger partial charge in [-0.2, -0.15) is 0 Å². The van der Waals surface area contributed by atoms with Crippen LogP contribution in [0.15, 0.2) is 84.9 Å². The Bertz CT molecular complexity index is 1380. The number of carbonyl (C=O) groups is 1. The summed E-state index contributed by atoms with van der Waals surface area (Å²) in [7, 11) is 0. The molecule has 0 aliphatic carbocycles. The molecule has 5 rings (SSSR count). The lowest BCUT2D eigenvalue weighted by Gasteiger charge is -2.25. The number of carbonyl (C=O) groups excluding carboxylic acids is 1. The number of rotatable bonds is 2. The van der Waals surface area contributed by atoms with E-state index in [1.165, 1.54) is 0 Å². The van der Waals surface area contributed by atoms with Crippen molar-refractivity contribution in [3.05, 3.63) is 108 Å². The number of hydrogen-bond donors (Lipinski definition) is 0. The smallest absolute Gasteiger partial charge is 0.295 e. The van der Waals surface area contributed by atoms with Crippen molar-refractivity contribution < 1.29 is 9.21 Å². The Kier molecular flexibility index (Phi) is 4.64. The van der Waals surface area contributed by atoms with Crippen LogP contribution in [0.25, 0.3) is 11.0 Å². The lowest BCUT2D eigenvalue weighted by molar-refractivity contribution is 0.0971. The van der Waals surface area contributed by atoms with Crippen molar-refractivity contribution >= 4 is 54.4 Å². The van der Waals surface area contributed by atoms with E-state index in [0.29, 0.717) is 22.2 Å². The number of benzene rings is 3. The number of halogens is 2. The minimum Gasteiger partial charge on any atom is -0.450 e. The number of hydrogen-bond acceptors (Lipinski definition) is 3. The second kappa shape index (κ2) is 7.22. The molecule has 0 fully saturated rings. The van der Waals surface area contributed by atoms with Gasteiger partial charge in [0, 0.05) is 14.6 Å². The first-order chi connectivity index (χ1) is 14.4. The van der Waals surface area contributed by atoms with E-state index in [0.717, 1.165) is 20.1 Å². The molecule has 30 heavy (non-hydrogen) atoms. The fourth-order valence-electron chi connectivity index (χ4n) is 3.90. The maximum absolute atomic E-state index is 13.5. The Morgan fingerprint density at radius 2 is 1.63 bits per heavy atom. The molecule has 0 saturated carbocycles. The zero-order valence-electron chi connectivity index (χ0n) is 15.9. The fraction of sp³-hybridized carbons (Fsp3) is 0.0833. The van der Waals surface area contributed by atoms with Crippen LogP contribution in [0.4, 0.5) is 5.69 Å². The van der Waals surface area contributed by atoms with E-state index in [1.54, 1.807) is 23.1 Å². The summed E-state index contributed by atoms with van der Waals surface area (Å²) in [5, 5.41) is 0.448. The Morgan fingerprint density at radius 1 is 0.900 bits per heavy atom. The van der Waals surface area contributed by atoms with Gasteiger partial charge >= 0.3 is 0 Å². The topological polar surface area (TPSA) is 50.5 Å². The van der Waals surface area contributed by atoms with Gasteiger partial charge in [0.25, 0.3) is 5.91 Å². The van der Waals surface area contributed by atoms with Crippen LogP contribution in [0.2, 0.25) is 0 Å². The molecule has 0 saturated heterocycles. The van der Waals surface area contributed by atoms with E-state index in [9.17, 15) is 9.59 Å². The van der Waals surface area contributed by atoms with Gasteiger partial charge in [-0.3, -0.25) is 14.5 Å². The monoisotopic (exact) mass is 523 g/mol. The van der Waals surface area contributed by atoms with Gasteiger partial charge in [-0.05, 0) is 48.9 Å². The first-order valence-electron chi connectivity index (χ1n) is 9.36. The molecule has 0 spiro atoms. The van der Waals surface area contributed by atoms with E-state index in [1.807, 2.05) is 55.5 Å². The van der Waals surface area contributed by atoms with Crippen molar-refractivity contribution in [2.24, 2.45) is 0 Å². The van der Waals surface area contributed by atoms with Gasteiger partial charge in [-0.15, -0.1) is 0 Å². The van der Waals surface area contributed by atoms with Crippen molar-refractivity contribution in [3.63, 3.8) is 0 Å². The molecule has 1 atom stereocenters. The predicted molar refractivity (Wildman–Crippen MR) is 124 cm³/mol. The third-order valence-corrected chi connectivity index (χ3v) is 6.30. The minimum atomic E-state index is -0.568. The van der Waals surface area contributed by atoms with E-state index in [2.05, 4.69) is 31.9 Å². The van der Waals surface area contributed by atoms with Crippen LogP contribution < -0.4 is 10.3 Å². The average molecular weight is 525 g/mol. The maximum atomic E-state index is 13.5. The molecule has 4 aromatic rings. The lowest BCUT2D eigenvalue weighted by Crippen LogP contribution is -2.29. The second-order valence-corrected chi connectivity index (χ2v) is 9.11. The molecule has 1 amide bonds. The highest BCUT2D eigenvalue weighted by molar-refractivity contribution is 9.10. The van der Waals surface area contributed by atoms with Crippen molar-refractivity contribution in [1.82, 2.24) is 0 Å². The van der Waals surface area contributed by atoms with Gasteiger partial charge in [0.15, 0.2) is 5.43 Å². The average Bonchev–Trinajstić information content (AvgIpc) is 3.02. The van der Waals surface area contributed by atoms with E-state index >= 15 is 0 Å². The third kappa shape index (κ3) is 3.02. The quantitative estimate of drug-likeness (QED) is 0.306. The Morgan fingerprint density at radius 3 is 2.37 bits per heavy atom. The van der Waals surface area contributed by atoms with Crippen LogP contribution in [-0.2, 0) is 0 Å². The first kappa shape index (κ1) is 19.3. The summed E-state index contributed by atoms with van der Waals surface area (Å²) in [6.07, 6.45) is 0. The van der Waals surface area contributed by atoms with Gasteiger partial charge in [0.2, 0.25) is 5.76 Å². The molecule has 1 unspecified atom stereocenters. The minimum absolute atomic E-state index is 0.0976. The van der Waals surface area contributed by atoms with Crippen LogP contribution >= 0.6 is 31.9 Å². The lowest BCUT2D eigenvalue weighted by atomic mass is 9.97. The van der Waals surface area contributed by atoms with Crippen LogP contribution in [-0.4, -0.2) is 5.91 Å². The molecule has 2 heterocycles. The Hall–Kier alpha value is -2.70. The zero-order valence-corrected chi connectivity index (χ0v) is 19.0. The summed E-state index contributed by atoms with van der Waals surface area (Å²) in [5.74, 6) is -0.226. The summed E-state index contributed by atoms with van der Waals surface area (Å²) < 4.78 is 7.61. The van der Waals surface area contributed by atoms with Crippen LogP contribution in [0.5, 0.6) is 0 Å². The molecule has 6 heteroatoms. The number of fused-ring (bicyclic) bond motifs is 2. The largest absolute Gasteiger partial charge is 0.450 e. The van der Waals surface area contributed by atoms with Crippen molar-refractivity contribution in [3.8, 4) is 0 Å². The molecule has 0 N–H and O–H groups in total. The van der Waals surface area contributed by atoms with Crippen molar-refractivity contribution in [2.45, 2.75) is 13.0 Å². The predicted octanol–water partition coefficient (Wildman–Crippen LogP) is 6.38. The Labute approximate surface area is 189 Å². The molecule has 1 aliphatic heterocycles. The first-order valence-corrected chi connectivity index (χ1v) is 10.9. The summed E-state index contributed by atoms with van der Waals surface area (Å²) in [6.45, 7) is 2.00. The van der Waals surface area contributed by atoms with Crippen molar-refractivity contribution in [1.29, 1.82) is 0 Å². The SMILES string of the molecule is Cc1ccc(C2c3c(oc4ccc(Br)cc4c3=O)C(=O)N2c2cccc(Br)c2)cc1. The summed E-state index contributed by atoms with van der Waals surface area (Å²) in [5.41, 5.74) is 3.23. The molecular weight excluding hydrogens is 510 g/mol. The molecule has 0 bridgehead atoms. The van der Waals surface area contributed by atoms with Gasteiger partial charge in [-0.1, -0.05) is 67.8 Å². The van der Waals surface area contributed by atoms with Crippen LogP contribution in [0.1, 0.15) is 33.3 Å². The molecule has 148 valence electrons. The summed E-state index contributed by atoms with van der Waals surface area (Å²) in [4.78, 5) is 28.7. The van der Waals surface area contributed by atoms with Gasteiger partial charge in [0.05, 0.1) is 17.0 Å². The molecule has 0 radical (unpaired) electrons. The molecule has 3 aromatic carbocycles. The van der Waals surface area contributed by atoms with Gasteiger partial charge in [0.1, 0.15) is 5.58 Å². The summed E-state index contributed by atoms with van der Waals surface area (Å²) >= 11 is 6.90. The van der Waals surface area contributed by atoms with Gasteiger partial charge < -0.3 is 4.42 Å². The highest BCUT2D eigenvalue weighted by Gasteiger charge is 2.43. The highest BCUT2D eigenvalue weighted by Crippen LogP contribution is 2.41. The number of anilines is 1.